The lowest BCUT2D eigenvalue weighted by Gasteiger charge is -2.14. The van der Waals surface area contributed by atoms with E-state index in [1.165, 1.54) is 0 Å². The van der Waals surface area contributed by atoms with Gasteiger partial charge in [0.15, 0.2) is 0 Å². The van der Waals surface area contributed by atoms with Crippen molar-refractivity contribution in [2.75, 3.05) is 0 Å². The summed E-state index contributed by atoms with van der Waals surface area (Å²) in [5.74, 6) is -0.868. The highest BCUT2D eigenvalue weighted by atomic mass is 32.2. The first-order valence-electron chi connectivity index (χ1n) is 4.90. The van der Waals surface area contributed by atoms with Crippen LogP contribution < -0.4 is 4.72 Å². The van der Waals surface area contributed by atoms with Gasteiger partial charge in [-0.2, -0.15) is 13.2 Å². The predicted molar refractivity (Wildman–Crippen MR) is 53.7 cm³/mol. The maximum absolute atomic E-state index is 12.8. The van der Waals surface area contributed by atoms with E-state index in [-0.39, 0.29) is 5.56 Å². The van der Waals surface area contributed by atoms with Crippen molar-refractivity contribution in [3.8, 4) is 0 Å². The summed E-state index contributed by atoms with van der Waals surface area (Å²) in [4.78, 5) is 10.8. The van der Waals surface area contributed by atoms with Crippen LogP contribution in [-0.4, -0.2) is 20.5 Å². The molecule has 0 fully saturated rings. The fourth-order valence-electron chi connectivity index (χ4n) is 1.82. The zero-order chi connectivity index (χ0) is 14.1. The summed E-state index contributed by atoms with van der Waals surface area (Å²) in [7, 11) is -4.11. The van der Waals surface area contributed by atoms with Crippen LogP contribution in [0.2, 0.25) is 0 Å². The molecule has 0 unspecified atom stereocenters. The summed E-state index contributed by atoms with van der Waals surface area (Å²) < 4.78 is 63.1. The first-order chi connectivity index (χ1) is 8.67. The smallest absolute Gasteiger partial charge is 0.268 e. The van der Waals surface area contributed by atoms with Crippen LogP contribution in [0.3, 0.4) is 0 Å². The normalized spacial score (nSPS) is 21.9. The second-order valence-corrected chi connectivity index (χ2v) is 5.67. The highest BCUT2D eigenvalue weighted by Gasteiger charge is 2.65. The standard InChI is InChI=1S/C9H4F3N3O3S/c10-9(11,12)8(14-15-8)4-1-2-5-6(3-4)19(17,18)13-7(5)16/h1-3H,(H,13,16). The van der Waals surface area contributed by atoms with E-state index in [0.29, 0.717) is 0 Å². The zero-order valence-corrected chi connectivity index (χ0v) is 9.71. The van der Waals surface area contributed by atoms with Crippen molar-refractivity contribution in [1.29, 1.82) is 0 Å². The van der Waals surface area contributed by atoms with E-state index in [9.17, 15) is 26.4 Å². The summed E-state index contributed by atoms with van der Waals surface area (Å²) in [5.41, 5.74) is -3.33. The fourth-order valence-corrected chi connectivity index (χ4v) is 3.02. The molecule has 0 spiro atoms. The van der Waals surface area contributed by atoms with Gasteiger partial charge in [-0.25, -0.2) is 13.1 Å². The number of hydrogen-bond donors (Lipinski definition) is 1. The van der Waals surface area contributed by atoms with Crippen LogP contribution in [0.15, 0.2) is 33.3 Å². The molecule has 1 aromatic rings. The van der Waals surface area contributed by atoms with E-state index in [4.69, 9.17) is 0 Å². The van der Waals surface area contributed by atoms with Crippen LogP contribution in [0.4, 0.5) is 13.2 Å². The van der Waals surface area contributed by atoms with Gasteiger partial charge < -0.3 is 0 Å². The van der Waals surface area contributed by atoms with Gasteiger partial charge in [-0.1, -0.05) is 6.07 Å². The molecule has 0 saturated carbocycles. The molecule has 1 N–H and O–H groups in total. The largest absolute Gasteiger partial charge is 0.442 e. The van der Waals surface area contributed by atoms with Crippen LogP contribution in [0.25, 0.3) is 0 Å². The molecule has 0 radical (unpaired) electrons. The van der Waals surface area contributed by atoms with Crippen molar-refractivity contribution < 1.29 is 26.4 Å². The lowest BCUT2D eigenvalue weighted by molar-refractivity contribution is -0.166. The number of sulfonamides is 1. The third kappa shape index (κ3) is 1.49. The molecule has 2 aliphatic rings. The highest BCUT2D eigenvalue weighted by Crippen LogP contribution is 2.52. The van der Waals surface area contributed by atoms with Crippen molar-refractivity contribution in [3.05, 3.63) is 29.3 Å². The van der Waals surface area contributed by atoms with Crippen LogP contribution in [-0.2, 0) is 15.7 Å². The van der Waals surface area contributed by atoms with Gasteiger partial charge in [0, 0.05) is 5.56 Å². The minimum atomic E-state index is -4.75. The Hall–Kier alpha value is -1.97. The zero-order valence-electron chi connectivity index (χ0n) is 8.89. The van der Waals surface area contributed by atoms with Gasteiger partial charge in [-0.3, -0.25) is 4.79 Å². The third-order valence-electron chi connectivity index (χ3n) is 2.84. The fraction of sp³-hybridized carbons (Fsp3) is 0.222. The highest BCUT2D eigenvalue weighted by molar-refractivity contribution is 7.90. The Morgan fingerprint density at radius 2 is 1.84 bits per heavy atom. The van der Waals surface area contributed by atoms with E-state index in [1.54, 1.807) is 4.72 Å². The van der Waals surface area contributed by atoms with Gasteiger partial charge in [0.05, 0.1) is 5.56 Å². The Morgan fingerprint density at radius 1 is 1.21 bits per heavy atom. The average Bonchev–Trinajstić information content (AvgIpc) is 3.04. The van der Waals surface area contributed by atoms with E-state index < -0.39 is 38.2 Å². The summed E-state index contributed by atoms with van der Waals surface area (Å²) >= 11 is 0. The molecule has 3 rings (SSSR count). The molecule has 1 amide bonds. The topological polar surface area (TPSA) is 88.0 Å². The Bertz CT molecular complexity index is 733. The van der Waals surface area contributed by atoms with Crippen molar-refractivity contribution in [2.24, 2.45) is 10.2 Å². The van der Waals surface area contributed by atoms with Crippen LogP contribution in [0.5, 0.6) is 0 Å². The van der Waals surface area contributed by atoms with Crippen LogP contribution in [0, 0.1) is 0 Å². The summed E-state index contributed by atoms with van der Waals surface area (Å²) in [6, 6.07) is 2.78. The number of carbonyl (C=O) groups is 1. The molecule has 2 heterocycles. The molecular weight excluding hydrogens is 287 g/mol. The SMILES string of the molecule is O=C1NS(=O)(=O)c2cc(C3(C(F)(F)F)N=N3)ccc21. The third-order valence-corrected chi connectivity index (χ3v) is 4.21. The van der Waals surface area contributed by atoms with Crippen molar-refractivity contribution in [3.63, 3.8) is 0 Å². The number of alkyl halides is 3. The van der Waals surface area contributed by atoms with Crippen LogP contribution >= 0.6 is 0 Å². The van der Waals surface area contributed by atoms with Crippen molar-refractivity contribution in [2.45, 2.75) is 16.7 Å². The molecule has 100 valence electrons. The Balaban J connectivity index is 2.17. The first-order valence-corrected chi connectivity index (χ1v) is 6.38. The second kappa shape index (κ2) is 3.13. The molecule has 0 aliphatic carbocycles. The lowest BCUT2D eigenvalue weighted by atomic mass is 10.0. The lowest BCUT2D eigenvalue weighted by Crippen LogP contribution is -2.30. The van der Waals surface area contributed by atoms with E-state index >= 15 is 0 Å². The average molecular weight is 291 g/mol. The number of halogens is 3. The molecule has 6 nitrogen and oxygen atoms in total. The maximum atomic E-state index is 12.8. The van der Waals surface area contributed by atoms with Gasteiger partial charge in [-0.05, 0) is 12.1 Å². The van der Waals surface area contributed by atoms with Gasteiger partial charge in [0.25, 0.3) is 15.9 Å². The molecule has 1 aromatic carbocycles. The van der Waals surface area contributed by atoms with Gasteiger partial charge in [-0.15, -0.1) is 10.2 Å². The minimum absolute atomic E-state index is 0.193. The second-order valence-electron chi connectivity index (χ2n) is 4.02. The monoisotopic (exact) mass is 291 g/mol. The number of fused-ring (bicyclic) bond motifs is 1. The van der Waals surface area contributed by atoms with E-state index in [1.807, 2.05) is 0 Å². The minimum Gasteiger partial charge on any atom is -0.268 e. The van der Waals surface area contributed by atoms with Crippen LogP contribution in [0.1, 0.15) is 15.9 Å². The molecule has 2 aliphatic heterocycles. The maximum Gasteiger partial charge on any atom is 0.442 e. The molecule has 0 bridgehead atoms. The van der Waals surface area contributed by atoms with Crippen molar-refractivity contribution >= 4 is 15.9 Å². The molecule has 0 aromatic heterocycles. The van der Waals surface area contributed by atoms with E-state index in [2.05, 4.69) is 10.2 Å². The summed E-state index contributed by atoms with van der Waals surface area (Å²) in [6.45, 7) is 0. The van der Waals surface area contributed by atoms with Gasteiger partial charge in [0.1, 0.15) is 4.90 Å². The number of benzene rings is 1. The van der Waals surface area contributed by atoms with E-state index in [0.717, 1.165) is 18.2 Å². The number of nitrogens with zero attached hydrogens (tertiary/aromatic N) is 2. The van der Waals surface area contributed by atoms with Gasteiger partial charge >= 0.3 is 11.8 Å². The number of rotatable bonds is 1. The Labute approximate surface area is 104 Å². The molecule has 0 saturated heterocycles. The number of amides is 1. The summed E-state index contributed by atoms with van der Waals surface area (Å²) in [6.07, 6.45) is -4.75. The number of nitrogens with one attached hydrogen (secondary N) is 1. The Morgan fingerprint density at radius 3 is 2.37 bits per heavy atom. The molecular formula is C9H4F3N3O3S. The molecule has 10 heteroatoms. The van der Waals surface area contributed by atoms with Crippen molar-refractivity contribution in [1.82, 2.24) is 4.72 Å². The first kappa shape index (κ1) is 12.1. The number of hydrogen-bond acceptors (Lipinski definition) is 5. The molecule has 0 atom stereocenters. The predicted octanol–water partition coefficient (Wildman–Crippen LogP) is 1.30. The number of carbonyl (C=O) groups excluding carboxylic acids is 1. The molecule has 19 heavy (non-hydrogen) atoms. The Kier molecular flexibility index (Phi) is 1.99. The summed E-state index contributed by atoms with van der Waals surface area (Å²) in [5, 5.41) is 5.93. The quantitative estimate of drug-likeness (QED) is 0.845. The van der Waals surface area contributed by atoms with Gasteiger partial charge in [0.2, 0.25) is 0 Å².